The zero-order valence-corrected chi connectivity index (χ0v) is 18.6. The average molecular weight is 443 g/mol. The molecule has 0 spiro atoms. The molecule has 1 aliphatic rings. The van der Waals surface area contributed by atoms with Crippen LogP contribution in [0.1, 0.15) is 44.2 Å². The highest BCUT2D eigenvalue weighted by atomic mass is 35.5. The number of fused-ring (bicyclic) bond motifs is 1. The molecule has 4 nitrogen and oxygen atoms in total. The first-order valence-electron chi connectivity index (χ1n) is 10.5. The largest absolute Gasteiger partial charge is 0.306 e. The molecule has 4 rings (SSSR count). The molecule has 1 saturated carbocycles. The Hall–Kier alpha value is -1.92. The summed E-state index contributed by atoms with van der Waals surface area (Å²) >= 11 is 5.91. The standard InChI is InChI=1S/C24H27ClN2O2S/c1-17(21-10-6-8-18-7-2-3-9-22(18)21)26-23-11-4-5-12-24(23)27-30(28,29)20-15-13-19(25)14-16-20/h2-3,6-10,13-17,23-24,26-27H,4-5,11-12H2,1H3/t17?,23-,24-/m1/s1. The van der Waals surface area contributed by atoms with Crippen molar-refractivity contribution in [1.29, 1.82) is 0 Å². The molecule has 0 bridgehead atoms. The van der Waals surface area contributed by atoms with Gasteiger partial charge >= 0.3 is 0 Å². The van der Waals surface area contributed by atoms with Crippen molar-refractivity contribution >= 4 is 32.4 Å². The summed E-state index contributed by atoms with van der Waals surface area (Å²) < 4.78 is 28.8. The number of nitrogens with one attached hydrogen (secondary N) is 2. The maximum atomic E-state index is 12.9. The fourth-order valence-corrected chi connectivity index (χ4v) is 5.83. The summed E-state index contributed by atoms with van der Waals surface area (Å²) in [5.74, 6) is 0. The van der Waals surface area contributed by atoms with Crippen molar-refractivity contribution in [1.82, 2.24) is 10.0 Å². The molecule has 2 N–H and O–H groups in total. The second kappa shape index (κ2) is 9.06. The zero-order chi connectivity index (χ0) is 21.1. The third kappa shape index (κ3) is 4.70. The van der Waals surface area contributed by atoms with Crippen LogP contribution < -0.4 is 10.0 Å². The quantitative estimate of drug-likeness (QED) is 0.534. The molecule has 30 heavy (non-hydrogen) atoms. The Labute approximate surface area is 183 Å². The highest BCUT2D eigenvalue weighted by molar-refractivity contribution is 7.89. The van der Waals surface area contributed by atoms with Crippen molar-refractivity contribution in [2.45, 2.75) is 55.6 Å². The Kier molecular flexibility index (Phi) is 6.44. The van der Waals surface area contributed by atoms with E-state index in [1.54, 1.807) is 24.3 Å². The predicted molar refractivity (Wildman–Crippen MR) is 123 cm³/mol. The van der Waals surface area contributed by atoms with Gasteiger partial charge in [0.25, 0.3) is 0 Å². The molecule has 0 saturated heterocycles. The van der Waals surface area contributed by atoms with E-state index < -0.39 is 10.0 Å². The molecule has 1 aliphatic carbocycles. The van der Waals surface area contributed by atoms with E-state index in [2.05, 4.69) is 53.4 Å². The van der Waals surface area contributed by atoms with E-state index in [1.165, 1.54) is 16.3 Å². The van der Waals surface area contributed by atoms with Gasteiger partial charge in [0, 0.05) is 23.1 Å². The molecule has 0 aliphatic heterocycles. The summed E-state index contributed by atoms with van der Waals surface area (Å²) in [6, 6.07) is 21.1. The van der Waals surface area contributed by atoms with E-state index in [0.29, 0.717) is 5.02 Å². The average Bonchev–Trinajstić information content (AvgIpc) is 2.75. The van der Waals surface area contributed by atoms with Gasteiger partial charge in [0.05, 0.1) is 4.90 Å². The molecule has 6 heteroatoms. The fraction of sp³-hybridized carbons (Fsp3) is 0.333. The number of benzene rings is 3. The van der Waals surface area contributed by atoms with E-state index in [1.807, 2.05) is 6.07 Å². The van der Waals surface area contributed by atoms with Crippen molar-refractivity contribution in [2.24, 2.45) is 0 Å². The summed E-state index contributed by atoms with van der Waals surface area (Å²) in [6.45, 7) is 2.15. The number of hydrogen-bond acceptors (Lipinski definition) is 3. The molecule has 3 aromatic rings. The number of sulfonamides is 1. The SMILES string of the molecule is CC(N[C@@H]1CCCC[C@H]1NS(=O)(=O)c1ccc(Cl)cc1)c1cccc2ccccc12. The molecule has 1 fully saturated rings. The summed E-state index contributed by atoms with van der Waals surface area (Å²) in [6.07, 6.45) is 3.89. The van der Waals surface area contributed by atoms with Crippen molar-refractivity contribution in [2.75, 3.05) is 0 Å². The topological polar surface area (TPSA) is 58.2 Å². The molecular formula is C24H27ClN2O2S. The first-order chi connectivity index (χ1) is 14.4. The number of halogens is 1. The van der Waals surface area contributed by atoms with Gasteiger partial charge in [0.15, 0.2) is 0 Å². The maximum absolute atomic E-state index is 12.9. The molecule has 0 heterocycles. The third-order valence-corrected chi connectivity index (χ3v) is 7.71. The van der Waals surface area contributed by atoms with E-state index >= 15 is 0 Å². The fourth-order valence-electron chi connectivity index (χ4n) is 4.39. The van der Waals surface area contributed by atoms with E-state index in [4.69, 9.17) is 11.6 Å². The van der Waals surface area contributed by atoms with Crippen LogP contribution in [0.4, 0.5) is 0 Å². The molecule has 3 aromatic carbocycles. The van der Waals surface area contributed by atoms with E-state index in [-0.39, 0.29) is 23.0 Å². The van der Waals surface area contributed by atoms with Gasteiger partial charge in [0.1, 0.15) is 0 Å². The third-order valence-electron chi connectivity index (χ3n) is 5.95. The Morgan fingerprint density at radius 2 is 1.57 bits per heavy atom. The molecular weight excluding hydrogens is 416 g/mol. The van der Waals surface area contributed by atoms with Crippen LogP contribution in [0.2, 0.25) is 5.02 Å². The number of rotatable bonds is 6. The smallest absolute Gasteiger partial charge is 0.240 e. The Morgan fingerprint density at radius 1 is 0.900 bits per heavy atom. The molecule has 0 amide bonds. The van der Waals surface area contributed by atoms with Crippen LogP contribution in [0.25, 0.3) is 10.8 Å². The van der Waals surface area contributed by atoms with Crippen LogP contribution in [-0.4, -0.2) is 20.5 Å². The van der Waals surface area contributed by atoms with Gasteiger partial charge in [-0.3, -0.25) is 0 Å². The lowest BCUT2D eigenvalue weighted by atomic mass is 9.89. The van der Waals surface area contributed by atoms with Gasteiger partial charge < -0.3 is 5.32 Å². The van der Waals surface area contributed by atoms with Crippen LogP contribution in [0.3, 0.4) is 0 Å². The molecule has 0 radical (unpaired) electrons. The Bertz CT molecular complexity index is 1110. The Balaban J connectivity index is 1.53. The highest BCUT2D eigenvalue weighted by Gasteiger charge is 2.30. The van der Waals surface area contributed by atoms with Gasteiger partial charge in [-0.05, 0) is 60.4 Å². The first-order valence-corrected chi connectivity index (χ1v) is 12.3. The van der Waals surface area contributed by atoms with Gasteiger partial charge in [-0.15, -0.1) is 0 Å². The molecule has 1 unspecified atom stereocenters. The Morgan fingerprint density at radius 3 is 2.33 bits per heavy atom. The zero-order valence-electron chi connectivity index (χ0n) is 17.0. The van der Waals surface area contributed by atoms with E-state index in [0.717, 1.165) is 25.7 Å². The lowest BCUT2D eigenvalue weighted by Crippen LogP contribution is -2.52. The summed E-state index contributed by atoms with van der Waals surface area (Å²) in [5, 5.41) is 6.68. The molecule has 158 valence electrons. The van der Waals surface area contributed by atoms with Crippen LogP contribution >= 0.6 is 11.6 Å². The normalized spacial score (nSPS) is 20.9. The van der Waals surface area contributed by atoms with Crippen LogP contribution in [0.5, 0.6) is 0 Å². The van der Waals surface area contributed by atoms with Crippen LogP contribution in [0.15, 0.2) is 71.6 Å². The number of hydrogen-bond donors (Lipinski definition) is 2. The van der Waals surface area contributed by atoms with Crippen molar-refractivity contribution in [3.8, 4) is 0 Å². The lowest BCUT2D eigenvalue weighted by molar-refractivity contribution is 0.291. The summed E-state index contributed by atoms with van der Waals surface area (Å²) in [4.78, 5) is 0.248. The minimum atomic E-state index is -3.59. The van der Waals surface area contributed by atoms with Crippen molar-refractivity contribution in [3.05, 3.63) is 77.3 Å². The highest BCUT2D eigenvalue weighted by Crippen LogP contribution is 2.28. The molecule has 3 atom stereocenters. The summed E-state index contributed by atoms with van der Waals surface area (Å²) in [7, 11) is -3.59. The van der Waals surface area contributed by atoms with Gasteiger partial charge in [-0.25, -0.2) is 13.1 Å². The maximum Gasteiger partial charge on any atom is 0.240 e. The van der Waals surface area contributed by atoms with Crippen molar-refractivity contribution < 1.29 is 8.42 Å². The van der Waals surface area contributed by atoms with Crippen LogP contribution in [0, 0.1) is 0 Å². The summed E-state index contributed by atoms with van der Waals surface area (Å²) in [5.41, 5.74) is 1.23. The minimum absolute atomic E-state index is 0.0785. The second-order valence-corrected chi connectivity index (χ2v) is 10.2. The predicted octanol–water partition coefficient (Wildman–Crippen LogP) is 5.43. The minimum Gasteiger partial charge on any atom is -0.306 e. The van der Waals surface area contributed by atoms with E-state index in [9.17, 15) is 8.42 Å². The lowest BCUT2D eigenvalue weighted by Gasteiger charge is -2.35. The monoisotopic (exact) mass is 442 g/mol. The first kappa shape index (κ1) is 21.3. The van der Waals surface area contributed by atoms with Gasteiger partial charge in [-0.1, -0.05) is 66.9 Å². The van der Waals surface area contributed by atoms with Gasteiger partial charge in [-0.2, -0.15) is 0 Å². The van der Waals surface area contributed by atoms with Gasteiger partial charge in [0.2, 0.25) is 10.0 Å². The van der Waals surface area contributed by atoms with Crippen molar-refractivity contribution in [3.63, 3.8) is 0 Å². The van der Waals surface area contributed by atoms with Crippen LogP contribution in [-0.2, 0) is 10.0 Å². The second-order valence-electron chi connectivity index (χ2n) is 8.03. The molecule has 0 aromatic heterocycles.